The van der Waals surface area contributed by atoms with Crippen molar-refractivity contribution < 1.29 is 14.0 Å². The third kappa shape index (κ3) is 4.89. The van der Waals surface area contributed by atoms with Gasteiger partial charge in [-0.25, -0.2) is 0 Å². The monoisotopic (exact) mass is 332 g/mol. The molecule has 2 amide bonds. The van der Waals surface area contributed by atoms with Gasteiger partial charge in [0, 0.05) is 5.69 Å². The van der Waals surface area contributed by atoms with Gasteiger partial charge in [-0.1, -0.05) is 25.1 Å². The van der Waals surface area contributed by atoms with Crippen molar-refractivity contribution in [1.29, 1.82) is 0 Å². The lowest BCUT2D eigenvalue weighted by Crippen LogP contribution is -2.32. The van der Waals surface area contributed by atoms with Crippen LogP contribution in [0.2, 0.25) is 0 Å². The molecular formula is C17H20N2O3S. The molecule has 1 aromatic heterocycles. The summed E-state index contributed by atoms with van der Waals surface area (Å²) in [5.74, 6) is 1.01. The molecule has 5 nitrogen and oxygen atoms in total. The maximum absolute atomic E-state index is 12.0. The van der Waals surface area contributed by atoms with E-state index in [9.17, 15) is 9.59 Å². The second-order valence-electron chi connectivity index (χ2n) is 4.94. The summed E-state index contributed by atoms with van der Waals surface area (Å²) in [6, 6.07) is 11.0. The van der Waals surface area contributed by atoms with Crippen molar-refractivity contribution in [2.45, 2.75) is 19.1 Å². The molecule has 0 fully saturated rings. The molecule has 122 valence electrons. The third-order valence-electron chi connectivity index (χ3n) is 3.25. The Balaban J connectivity index is 1.87. The molecule has 0 atom stereocenters. The fourth-order valence-electron chi connectivity index (χ4n) is 2.11. The highest BCUT2D eigenvalue weighted by molar-refractivity contribution is 7.97. The number of anilines is 1. The minimum absolute atomic E-state index is 0.102. The average molecular weight is 332 g/mol. The number of aryl methyl sites for hydroxylation is 1. The Hall–Kier alpha value is -2.21. The molecule has 0 radical (unpaired) electrons. The lowest BCUT2D eigenvalue weighted by Gasteiger charge is -2.09. The van der Waals surface area contributed by atoms with Crippen LogP contribution in [-0.2, 0) is 17.0 Å². The van der Waals surface area contributed by atoms with Gasteiger partial charge in [0.25, 0.3) is 5.91 Å². The van der Waals surface area contributed by atoms with Crippen molar-refractivity contribution in [2.75, 3.05) is 18.1 Å². The zero-order valence-corrected chi connectivity index (χ0v) is 14.0. The van der Waals surface area contributed by atoms with Crippen LogP contribution in [-0.4, -0.2) is 24.6 Å². The van der Waals surface area contributed by atoms with Crippen LogP contribution in [0.1, 0.15) is 28.8 Å². The first kappa shape index (κ1) is 17.1. The number of hydrogen-bond donors (Lipinski definition) is 2. The van der Waals surface area contributed by atoms with Crippen molar-refractivity contribution in [1.82, 2.24) is 5.32 Å². The highest BCUT2D eigenvalue weighted by atomic mass is 32.2. The molecule has 0 aliphatic carbocycles. The molecule has 6 heteroatoms. The molecular weight excluding hydrogens is 312 g/mol. The van der Waals surface area contributed by atoms with E-state index in [1.165, 1.54) is 0 Å². The number of carbonyl (C=O) groups excluding carboxylic acids is 2. The summed E-state index contributed by atoms with van der Waals surface area (Å²) in [7, 11) is 0. The fraction of sp³-hybridized carbons (Fsp3) is 0.294. The zero-order valence-electron chi connectivity index (χ0n) is 13.2. The van der Waals surface area contributed by atoms with E-state index in [0.717, 1.165) is 23.4 Å². The van der Waals surface area contributed by atoms with Crippen LogP contribution in [0.25, 0.3) is 0 Å². The number of benzene rings is 1. The van der Waals surface area contributed by atoms with Gasteiger partial charge >= 0.3 is 0 Å². The summed E-state index contributed by atoms with van der Waals surface area (Å²) in [4.78, 5) is 23.9. The second kappa shape index (κ2) is 8.43. The lowest BCUT2D eigenvalue weighted by molar-refractivity contribution is -0.115. The molecule has 1 heterocycles. The zero-order chi connectivity index (χ0) is 16.7. The summed E-state index contributed by atoms with van der Waals surface area (Å²) < 4.78 is 5.41. The van der Waals surface area contributed by atoms with Crippen LogP contribution in [0.4, 0.5) is 5.69 Å². The smallest absolute Gasteiger partial charge is 0.287 e. The Labute approximate surface area is 139 Å². The van der Waals surface area contributed by atoms with Crippen LogP contribution >= 0.6 is 11.8 Å². The molecule has 2 rings (SSSR count). The molecule has 0 aliphatic rings. The molecule has 2 aromatic rings. The Bertz CT molecular complexity index is 682. The molecule has 0 bridgehead atoms. The summed E-state index contributed by atoms with van der Waals surface area (Å²) >= 11 is 1.61. The van der Waals surface area contributed by atoms with E-state index in [2.05, 4.69) is 10.6 Å². The SMILES string of the molecule is CCc1ccccc1NC(=O)CNC(=O)c1ccc(CSC)o1. The largest absolute Gasteiger partial charge is 0.455 e. The van der Waals surface area contributed by atoms with Crippen LogP contribution in [0.15, 0.2) is 40.8 Å². The maximum atomic E-state index is 12.0. The molecule has 0 saturated carbocycles. The van der Waals surface area contributed by atoms with Gasteiger partial charge in [0.2, 0.25) is 5.91 Å². The van der Waals surface area contributed by atoms with Gasteiger partial charge < -0.3 is 15.1 Å². The third-order valence-corrected chi connectivity index (χ3v) is 3.83. The minimum atomic E-state index is -0.392. The van der Waals surface area contributed by atoms with Gasteiger partial charge in [-0.05, 0) is 36.4 Å². The highest BCUT2D eigenvalue weighted by Gasteiger charge is 2.13. The van der Waals surface area contributed by atoms with E-state index < -0.39 is 5.91 Å². The minimum Gasteiger partial charge on any atom is -0.455 e. The van der Waals surface area contributed by atoms with Crippen molar-refractivity contribution in [2.24, 2.45) is 0 Å². The summed E-state index contributed by atoms with van der Waals surface area (Å²) in [5, 5.41) is 5.37. The van der Waals surface area contributed by atoms with Gasteiger partial charge in [-0.3, -0.25) is 9.59 Å². The second-order valence-corrected chi connectivity index (χ2v) is 5.81. The first-order chi connectivity index (χ1) is 11.1. The number of thioether (sulfide) groups is 1. The molecule has 2 N–H and O–H groups in total. The first-order valence-corrected chi connectivity index (χ1v) is 8.77. The van der Waals surface area contributed by atoms with Gasteiger partial charge in [0.15, 0.2) is 5.76 Å². The maximum Gasteiger partial charge on any atom is 0.287 e. The van der Waals surface area contributed by atoms with E-state index in [1.807, 2.05) is 37.4 Å². The Morgan fingerprint density at radius 1 is 1.17 bits per heavy atom. The van der Waals surface area contributed by atoms with Crippen molar-refractivity contribution in [3.63, 3.8) is 0 Å². The van der Waals surface area contributed by atoms with Gasteiger partial charge in [0.05, 0.1) is 12.3 Å². The van der Waals surface area contributed by atoms with Gasteiger partial charge in [-0.2, -0.15) is 11.8 Å². The molecule has 23 heavy (non-hydrogen) atoms. The number of carbonyl (C=O) groups is 2. The quantitative estimate of drug-likeness (QED) is 0.817. The number of rotatable bonds is 7. The molecule has 0 aliphatic heterocycles. The van der Waals surface area contributed by atoms with Crippen molar-refractivity contribution in [3.05, 3.63) is 53.5 Å². The summed E-state index contributed by atoms with van der Waals surface area (Å²) in [6.07, 6.45) is 2.79. The average Bonchev–Trinajstić information content (AvgIpc) is 3.02. The van der Waals surface area contributed by atoms with Gasteiger partial charge in [0.1, 0.15) is 5.76 Å². The van der Waals surface area contributed by atoms with Crippen molar-refractivity contribution >= 4 is 29.3 Å². The molecule has 0 unspecified atom stereocenters. The summed E-state index contributed by atoms with van der Waals surface area (Å²) in [5.41, 5.74) is 1.83. The predicted octanol–water partition coefficient (Wildman–Crippen LogP) is 3.07. The van der Waals surface area contributed by atoms with E-state index in [1.54, 1.807) is 23.9 Å². The van der Waals surface area contributed by atoms with Crippen molar-refractivity contribution in [3.8, 4) is 0 Å². The number of hydrogen-bond acceptors (Lipinski definition) is 4. The number of para-hydroxylation sites is 1. The van der Waals surface area contributed by atoms with Crippen LogP contribution < -0.4 is 10.6 Å². The first-order valence-electron chi connectivity index (χ1n) is 7.37. The van der Waals surface area contributed by atoms with E-state index in [-0.39, 0.29) is 18.2 Å². The topological polar surface area (TPSA) is 71.3 Å². The van der Waals surface area contributed by atoms with E-state index >= 15 is 0 Å². The number of amides is 2. The molecule has 1 aromatic carbocycles. The van der Waals surface area contributed by atoms with Crippen LogP contribution in [0.5, 0.6) is 0 Å². The summed E-state index contributed by atoms with van der Waals surface area (Å²) in [6.45, 7) is 1.92. The molecule has 0 saturated heterocycles. The predicted molar refractivity (Wildman–Crippen MR) is 92.7 cm³/mol. The van der Waals surface area contributed by atoms with E-state index in [4.69, 9.17) is 4.42 Å². The van der Waals surface area contributed by atoms with E-state index in [0.29, 0.717) is 5.75 Å². The Morgan fingerprint density at radius 3 is 2.70 bits per heavy atom. The standard InChI is InChI=1S/C17H20N2O3S/c1-3-12-6-4-5-7-14(12)19-16(20)10-18-17(21)15-9-8-13(22-15)11-23-2/h4-9H,3,10-11H2,1-2H3,(H,18,21)(H,19,20). The van der Waals surface area contributed by atoms with Gasteiger partial charge in [-0.15, -0.1) is 0 Å². The Kier molecular flexibility index (Phi) is 6.29. The number of furan rings is 1. The Morgan fingerprint density at radius 2 is 1.96 bits per heavy atom. The van der Waals surface area contributed by atoms with Crippen LogP contribution in [0.3, 0.4) is 0 Å². The number of nitrogens with one attached hydrogen (secondary N) is 2. The van der Waals surface area contributed by atoms with Crippen LogP contribution in [0, 0.1) is 0 Å². The lowest BCUT2D eigenvalue weighted by atomic mass is 10.1. The molecule has 0 spiro atoms. The fourth-order valence-corrected chi connectivity index (χ4v) is 2.55. The highest BCUT2D eigenvalue weighted by Crippen LogP contribution is 2.15. The normalized spacial score (nSPS) is 10.3.